The highest BCUT2D eigenvalue weighted by atomic mass is 32.2. The van der Waals surface area contributed by atoms with Gasteiger partial charge < -0.3 is 14.4 Å². The number of benzene rings is 1. The van der Waals surface area contributed by atoms with Gasteiger partial charge in [0.2, 0.25) is 5.91 Å². The van der Waals surface area contributed by atoms with Crippen LogP contribution in [0.15, 0.2) is 24.3 Å². The third kappa shape index (κ3) is 3.41. The second-order valence-electron chi connectivity index (χ2n) is 7.65. The number of ether oxygens (including phenoxy) is 2. The summed E-state index contributed by atoms with van der Waals surface area (Å²) in [7, 11) is -1.88. The smallest absolute Gasteiger partial charge is 0.282 e. The summed E-state index contributed by atoms with van der Waals surface area (Å²) in [6, 6.07) is 7.61. The highest BCUT2D eigenvalue weighted by Crippen LogP contribution is 2.46. The maximum Gasteiger partial charge on any atom is 0.282 e. The van der Waals surface area contributed by atoms with E-state index in [2.05, 4.69) is 0 Å². The molecular weight excluding hydrogens is 382 g/mol. The number of hydrogen-bond acceptors (Lipinski definition) is 5. The zero-order chi connectivity index (χ0) is 19.9. The summed E-state index contributed by atoms with van der Waals surface area (Å²) >= 11 is 0. The molecule has 0 aliphatic carbocycles. The lowest BCUT2D eigenvalue weighted by atomic mass is 9.89. The Kier molecular flexibility index (Phi) is 5.34. The van der Waals surface area contributed by atoms with Crippen LogP contribution >= 0.6 is 0 Å². The van der Waals surface area contributed by atoms with E-state index in [1.165, 1.54) is 4.31 Å². The molecule has 8 nitrogen and oxygen atoms in total. The van der Waals surface area contributed by atoms with Gasteiger partial charge in [0.05, 0.1) is 26.4 Å². The van der Waals surface area contributed by atoms with Gasteiger partial charge in [-0.25, -0.2) is 0 Å². The molecule has 0 radical (unpaired) electrons. The van der Waals surface area contributed by atoms with Crippen LogP contribution in [0.1, 0.15) is 18.5 Å². The van der Waals surface area contributed by atoms with Crippen molar-refractivity contribution in [2.24, 2.45) is 11.8 Å². The molecule has 28 heavy (non-hydrogen) atoms. The van der Waals surface area contributed by atoms with Gasteiger partial charge in [-0.2, -0.15) is 17.0 Å². The molecule has 3 saturated heterocycles. The molecule has 0 saturated carbocycles. The topological polar surface area (TPSA) is 79.4 Å². The quantitative estimate of drug-likeness (QED) is 0.732. The molecule has 1 amide bonds. The summed E-state index contributed by atoms with van der Waals surface area (Å²) < 4.78 is 39.8. The second-order valence-corrected chi connectivity index (χ2v) is 9.58. The number of carbonyl (C=O) groups is 1. The van der Waals surface area contributed by atoms with Crippen molar-refractivity contribution in [1.29, 1.82) is 0 Å². The maximum absolute atomic E-state index is 13.1. The summed E-state index contributed by atoms with van der Waals surface area (Å²) in [6.45, 7) is 4.74. The van der Waals surface area contributed by atoms with E-state index in [1.54, 1.807) is 18.3 Å². The van der Waals surface area contributed by atoms with Crippen molar-refractivity contribution >= 4 is 16.1 Å². The molecule has 3 aliphatic heterocycles. The molecule has 0 unspecified atom stereocenters. The number of methoxy groups -OCH3 is 1. The molecule has 0 N–H and O–H groups in total. The molecule has 3 aliphatic rings. The number of morpholine rings is 1. The van der Waals surface area contributed by atoms with E-state index in [9.17, 15) is 13.2 Å². The van der Waals surface area contributed by atoms with Gasteiger partial charge in [0.25, 0.3) is 10.2 Å². The molecular formula is C19H27N3O5S. The molecule has 0 bridgehead atoms. The Hall–Kier alpha value is -1.68. The first kappa shape index (κ1) is 19.6. The van der Waals surface area contributed by atoms with Gasteiger partial charge in [-0.15, -0.1) is 0 Å². The Morgan fingerprint density at radius 3 is 2.36 bits per heavy atom. The molecule has 154 valence electrons. The van der Waals surface area contributed by atoms with Crippen LogP contribution in [0.3, 0.4) is 0 Å². The van der Waals surface area contributed by atoms with Crippen LogP contribution in [0.5, 0.6) is 5.75 Å². The van der Waals surface area contributed by atoms with Crippen LogP contribution in [0, 0.1) is 11.8 Å². The summed E-state index contributed by atoms with van der Waals surface area (Å²) in [5.74, 6) is 1.02. The lowest BCUT2D eigenvalue weighted by Gasteiger charge is -2.32. The molecule has 3 heterocycles. The van der Waals surface area contributed by atoms with Gasteiger partial charge in [0.1, 0.15) is 5.75 Å². The first-order valence-electron chi connectivity index (χ1n) is 9.66. The standard InChI is InChI=1S/C19H27N3O5S/c1-14(23)22-12-16-11-21(28(24,25)20-7-9-27-10-8-20)13-18(16)19(22)15-3-5-17(26-2)6-4-15/h3-6,16,18-19H,7-13H2,1-2H3/t16-,18-,19+/m1/s1. The van der Waals surface area contributed by atoms with Crippen molar-refractivity contribution in [2.75, 3.05) is 53.0 Å². The van der Waals surface area contributed by atoms with Crippen molar-refractivity contribution in [2.45, 2.75) is 13.0 Å². The normalized spacial score (nSPS) is 29.1. The lowest BCUT2D eigenvalue weighted by molar-refractivity contribution is -0.130. The average Bonchev–Trinajstić information content (AvgIpc) is 3.27. The number of hydrogen-bond donors (Lipinski definition) is 0. The number of likely N-dealkylation sites (tertiary alicyclic amines) is 1. The first-order valence-corrected chi connectivity index (χ1v) is 11.1. The molecule has 4 rings (SSSR count). The Labute approximate surface area is 166 Å². The predicted octanol–water partition coefficient (Wildman–Crippen LogP) is 0.723. The van der Waals surface area contributed by atoms with Crippen LogP contribution in [0.2, 0.25) is 0 Å². The summed E-state index contributed by atoms with van der Waals surface area (Å²) in [6.07, 6.45) is 0. The Morgan fingerprint density at radius 2 is 1.75 bits per heavy atom. The summed E-state index contributed by atoms with van der Waals surface area (Å²) in [5, 5.41) is 0. The molecule has 0 spiro atoms. The minimum absolute atomic E-state index is 0.0257. The fourth-order valence-corrected chi connectivity index (χ4v) is 6.36. The van der Waals surface area contributed by atoms with Crippen molar-refractivity contribution in [3.05, 3.63) is 29.8 Å². The average molecular weight is 410 g/mol. The minimum Gasteiger partial charge on any atom is -0.497 e. The predicted molar refractivity (Wildman–Crippen MR) is 103 cm³/mol. The van der Waals surface area contributed by atoms with Gasteiger partial charge in [-0.3, -0.25) is 4.79 Å². The fraction of sp³-hybridized carbons (Fsp3) is 0.632. The van der Waals surface area contributed by atoms with E-state index in [0.717, 1.165) is 11.3 Å². The van der Waals surface area contributed by atoms with Crippen molar-refractivity contribution in [3.8, 4) is 5.75 Å². The largest absolute Gasteiger partial charge is 0.497 e. The molecule has 0 aromatic heterocycles. The summed E-state index contributed by atoms with van der Waals surface area (Å²) in [4.78, 5) is 14.1. The third-order valence-corrected chi connectivity index (χ3v) is 8.08. The maximum atomic E-state index is 13.1. The Balaban J connectivity index is 1.57. The highest BCUT2D eigenvalue weighted by molar-refractivity contribution is 7.86. The van der Waals surface area contributed by atoms with Gasteiger partial charge in [0.15, 0.2) is 0 Å². The van der Waals surface area contributed by atoms with Gasteiger partial charge in [0, 0.05) is 45.6 Å². The zero-order valence-electron chi connectivity index (χ0n) is 16.3. The van der Waals surface area contributed by atoms with Crippen LogP contribution in [-0.4, -0.2) is 80.9 Å². The van der Waals surface area contributed by atoms with E-state index < -0.39 is 10.2 Å². The molecule has 1 aromatic carbocycles. The van der Waals surface area contributed by atoms with E-state index in [0.29, 0.717) is 45.9 Å². The lowest BCUT2D eigenvalue weighted by Crippen LogP contribution is -2.48. The van der Waals surface area contributed by atoms with E-state index >= 15 is 0 Å². The number of rotatable bonds is 4. The summed E-state index contributed by atoms with van der Waals surface area (Å²) in [5.41, 5.74) is 1.02. The van der Waals surface area contributed by atoms with Crippen molar-refractivity contribution in [3.63, 3.8) is 0 Å². The molecule has 3 atom stereocenters. The SMILES string of the molecule is COc1ccc([C@H]2[C@@H]3CN(S(=O)(=O)N4CCOCC4)C[C@@H]3CN2C(C)=O)cc1. The minimum atomic E-state index is -3.49. The van der Waals surface area contributed by atoms with Crippen LogP contribution < -0.4 is 4.74 Å². The Bertz CT molecular complexity index is 822. The van der Waals surface area contributed by atoms with E-state index in [1.807, 2.05) is 29.2 Å². The van der Waals surface area contributed by atoms with Crippen LogP contribution in [0.25, 0.3) is 0 Å². The molecule has 3 fully saturated rings. The number of fused-ring (bicyclic) bond motifs is 1. The van der Waals surface area contributed by atoms with Gasteiger partial charge >= 0.3 is 0 Å². The van der Waals surface area contributed by atoms with Gasteiger partial charge in [-0.1, -0.05) is 12.1 Å². The fourth-order valence-electron chi connectivity index (χ4n) is 4.69. The van der Waals surface area contributed by atoms with E-state index in [4.69, 9.17) is 9.47 Å². The van der Waals surface area contributed by atoms with Crippen molar-refractivity contribution in [1.82, 2.24) is 13.5 Å². The second kappa shape index (κ2) is 7.62. The monoisotopic (exact) mass is 409 g/mol. The number of nitrogens with zero attached hydrogens (tertiary/aromatic N) is 3. The number of amides is 1. The number of carbonyl (C=O) groups excluding carboxylic acids is 1. The van der Waals surface area contributed by atoms with Gasteiger partial charge in [-0.05, 0) is 23.6 Å². The zero-order valence-corrected chi connectivity index (χ0v) is 17.1. The molecule has 9 heteroatoms. The third-order valence-electron chi connectivity index (χ3n) is 6.12. The highest BCUT2D eigenvalue weighted by Gasteiger charge is 2.51. The van der Waals surface area contributed by atoms with E-state index in [-0.39, 0.29) is 23.8 Å². The van der Waals surface area contributed by atoms with Crippen LogP contribution in [0.4, 0.5) is 0 Å². The first-order chi connectivity index (χ1) is 13.4. The Morgan fingerprint density at radius 1 is 1.07 bits per heavy atom. The molecule has 1 aromatic rings. The van der Waals surface area contributed by atoms with Crippen LogP contribution in [-0.2, 0) is 19.7 Å². The van der Waals surface area contributed by atoms with Crippen molar-refractivity contribution < 1.29 is 22.7 Å².